The number of aromatic nitrogens is 5. The molecule has 0 aliphatic rings. The van der Waals surface area contributed by atoms with Gasteiger partial charge in [-0.2, -0.15) is 0 Å². The number of thiophene rings is 1. The molecule has 0 fully saturated rings. The Morgan fingerprint density at radius 3 is 1.56 bits per heavy atom. The van der Waals surface area contributed by atoms with Gasteiger partial charge in [-0.1, -0.05) is 164 Å². The van der Waals surface area contributed by atoms with Gasteiger partial charge in [0.1, 0.15) is 0 Å². The molecule has 0 saturated heterocycles. The molecule has 0 N–H and O–H groups in total. The quantitative estimate of drug-likeness (QED) is 0.168. The molecular weight excluding hydrogens is 787 g/mol. The molecule has 0 spiro atoms. The number of para-hydroxylation sites is 3. The summed E-state index contributed by atoms with van der Waals surface area (Å²) in [4.78, 5) is 15.1. The Bertz CT molecular complexity index is 4180. The molecule has 0 amide bonds. The molecule has 5 nitrogen and oxygen atoms in total. The average Bonchev–Trinajstić information content (AvgIpc) is 4.06. The number of hydrogen-bond donors (Lipinski definition) is 0. The first-order chi connectivity index (χ1) is 33.3. The molecule has 13 aromatic rings. The summed E-state index contributed by atoms with van der Waals surface area (Å²) in [5.74, 6) is 0.620. The minimum Gasteiger partial charge on any atom is -0.309 e. The predicted octanol–water partition coefficient (Wildman–Crippen LogP) is 15.1. The van der Waals surface area contributed by atoms with Crippen molar-refractivity contribution in [3.05, 3.63) is 212 Å². The summed E-state index contributed by atoms with van der Waals surface area (Å²) in [6.07, 6.45) is 0. The molecule has 4 aromatic heterocycles. The maximum atomic E-state index is 9.00. The molecule has 63 heavy (non-hydrogen) atoms. The van der Waals surface area contributed by atoms with Crippen LogP contribution in [0.1, 0.15) is 6.85 Å². The van der Waals surface area contributed by atoms with Gasteiger partial charge in [-0.3, -0.25) is 0 Å². The fourth-order valence-corrected chi connectivity index (χ4v) is 10.7. The summed E-state index contributed by atoms with van der Waals surface area (Å²) in [5.41, 5.74) is 9.81. The van der Waals surface area contributed by atoms with E-state index in [2.05, 4.69) is 149 Å². The topological polar surface area (TPSA) is 48.5 Å². The Hall–Kier alpha value is -8.19. The van der Waals surface area contributed by atoms with E-state index in [0.717, 1.165) is 86.5 Å². The van der Waals surface area contributed by atoms with Crippen LogP contribution in [0.25, 0.3) is 120 Å². The van der Waals surface area contributed by atoms with Crippen molar-refractivity contribution >= 4 is 75.1 Å². The Balaban J connectivity index is 1.16. The number of benzene rings is 9. The first-order valence-corrected chi connectivity index (χ1v) is 21.6. The third-order valence-corrected chi connectivity index (χ3v) is 13.3. The fraction of sp³-hybridized carbons (Fsp3) is 0. The van der Waals surface area contributed by atoms with E-state index in [1.807, 2.05) is 42.5 Å². The SMILES string of the molecule is [2H]c1c([2H])c([2H])c(-c2nc(-c3ccccc3)nc(-c3cc(-n4c5ccccc5c5c6c7ccccc7n(-c7ccccc7)c6ccc54)cc4c3sc3c(-c5ccccc5)cccc34)n2)c([2H])c1[2H]. The zero-order valence-corrected chi connectivity index (χ0v) is 34.3. The highest BCUT2D eigenvalue weighted by atomic mass is 32.1. The van der Waals surface area contributed by atoms with E-state index in [-0.39, 0.29) is 23.5 Å². The molecule has 0 radical (unpaired) electrons. The van der Waals surface area contributed by atoms with E-state index >= 15 is 0 Å². The van der Waals surface area contributed by atoms with Gasteiger partial charge >= 0.3 is 0 Å². The molecular formula is C57H35N5S. The van der Waals surface area contributed by atoms with Crippen LogP contribution in [0.5, 0.6) is 0 Å². The molecule has 9 aromatic carbocycles. The molecule has 4 heterocycles. The number of fused-ring (bicyclic) bond motifs is 10. The summed E-state index contributed by atoms with van der Waals surface area (Å²) in [6, 6.07) is 60.7. The highest BCUT2D eigenvalue weighted by Gasteiger charge is 2.24. The van der Waals surface area contributed by atoms with Crippen molar-refractivity contribution < 1.29 is 6.85 Å². The number of hydrogen-bond acceptors (Lipinski definition) is 4. The maximum Gasteiger partial charge on any atom is 0.165 e. The van der Waals surface area contributed by atoms with E-state index in [1.165, 1.54) is 5.39 Å². The van der Waals surface area contributed by atoms with Gasteiger partial charge in [0, 0.05) is 69.8 Å². The third kappa shape index (κ3) is 5.59. The molecule has 0 saturated carbocycles. The molecule has 0 aliphatic carbocycles. The number of rotatable bonds is 6. The van der Waals surface area contributed by atoms with Crippen molar-refractivity contribution in [3.63, 3.8) is 0 Å². The van der Waals surface area contributed by atoms with Crippen LogP contribution in [0, 0.1) is 0 Å². The van der Waals surface area contributed by atoms with Gasteiger partial charge in [-0.05, 0) is 59.7 Å². The van der Waals surface area contributed by atoms with Crippen LogP contribution in [0.15, 0.2) is 212 Å². The maximum absolute atomic E-state index is 9.00. The first-order valence-electron chi connectivity index (χ1n) is 23.3. The van der Waals surface area contributed by atoms with E-state index in [1.54, 1.807) is 11.3 Å². The van der Waals surface area contributed by atoms with E-state index < -0.39 is 18.1 Å². The van der Waals surface area contributed by atoms with Crippen LogP contribution in [0.3, 0.4) is 0 Å². The van der Waals surface area contributed by atoms with Crippen LogP contribution in [0.4, 0.5) is 0 Å². The zero-order chi connectivity index (χ0) is 45.8. The Morgan fingerprint density at radius 2 is 0.889 bits per heavy atom. The van der Waals surface area contributed by atoms with Gasteiger partial charge in [0.05, 0.1) is 28.9 Å². The van der Waals surface area contributed by atoms with Crippen molar-refractivity contribution in [2.24, 2.45) is 0 Å². The van der Waals surface area contributed by atoms with Crippen molar-refractivity contribution in [1.82, 2.24) is 24.1 Å². The van der Waals surface area contributed by atoms with Gasteiger partial charge in [-0.15, -0.1) is 11.3 Å². The zero-order valence-electron chi connectivity index (χ0n) is 38.5. The smallest absolute Gasteiger partial charge is 0.165 e. The van der Waals surface area contributed by atoms with Crippen LogP contribution in [-0.2, 0) is 0 Å². The second kappa shape index (κ2) is 14.2. The standard InChI is InChI=1S/C57H35N5S/c1-5-18-36(19-6-1)41-28-17-29-42-45-34-40(35-46(54(45)63-53(41)42)57-59-55(37-20-7-2-8-21-37)58-56(60-57)38-22-9-3-10-23-38)62-48-31-16-14-27-44(48)52-50(62)33-32-49-51(52)43-26-13-15-30-47(43)61(49)39-24-11-4-12-25-39/h1-35H/i2D,7D,8D,20D,21D. The molecule has 0 unspecified atom stereocenters. The predicted molar refractivity (Wildman–Crippen MR) is 263 cm³/mol. The monoisotopic (exact) mass is 826 g/mol. The van der Waals surface area contributed by atoms with Crippen molar-refractivity contribution in [2.45, 2.75) is 0 Å². The van der Waals surface area contributed by atoms with E-state index in [0.29, 0.717) is 17.2 Å². The lowest BCUT2D eigenvalue weighted by atomic mass is 10.0. The first kappa shape index (κ1) is 30.8. The van der Waals surface area contributed by atoms with Crippen LogP contribution in [0.2, 0.25) is 0 Å². The summed E-state index contributed by atoms with van der Waals surface area (Å²) in [5, 5.41) is 6.66. The van der Waals surface area contributed by atoms with Gasteiger partial charge in [0.2, 0.25) is 0 Å². The minimum absolute atomic E-state index is 0.00967. The summed E-state index contributed by atoms with van der Waals surface area (Å²) in [7, 11) is 0. The van der Waals surface area contributed by atoms with Crippen LogP contribution in [-0.4, -0.2) is 24.1 Å². The second-order valence-electron chi connectivity index (χ2n) is 15.6. The van der Waals surface area contributed by atoms with E-state index in [9.17, 15) is 0 Å². The van der Waals surface area contributed by atoms with Crippen molar-refractivity contribution in [1.29, 1.82) is 0 Å². The van der Waals surface area contributed by atoms with Crippen molar-refractivity contribution in [2.75, 3.05) is 0 Å². The second-order valence-corrected chi connectivity index (χ2v) is 16.6. The van der Waals surface area contributed by atoms with Gasteiger partial charge in [0.15, 0.2) is 17.5 Å². The summed E-state index contributed by atoms with van der Waals surface area (Å²) in [6.45, 7) is 0. The summed E-state index contributed by atoms with van der Waals surface area (Å²) >= 11 is 1.67. The molecule has 6 heteroatoms. The Kier molecular flexibility index (Phi) is 6.94. The van der Waals surface area contributed by atoms with Gasteiger partial charge < -0.3 is 9.13 Å². The molecule has 0 atom stereocenters. The molecule has 0 bridgehead atoms. The van der Waals surface area contributed by atoms with Crippen molar-refractivity contribution in [3.8, 4) is 56.7 Å². The van der Waals surface area contributed by atoms with Crippen LogP contribution < -0.4 is 0 Å². The third-order valence-electron chi connectivity index (χ3n) is 12.0. The van der Waals surface area contributed by atoms with Gasteiger partial charge in [-0.25, -0.2) is 15.0 Å². The molecule has 13 rings (SSSR count). The summed E-state index contributed by atoms with van der Waals surface area (Å²) < 4.78 is 50.2. The fourth-order valence-electron chi connectivity index (χ4n) is 9.36. The molecule has 294 valence electrons. The number of nitrogens with zero attached hydrogens (tertiary/aromatic N) is 5. The average molecular weight is 827 g/mol. The largest absolute Gasteiger partial charge is 0.309 e. The van der Waals surface area contributed by atoms with Crippen LogP contribution >= 0.6 is 11.3 Å². The Labute approximate surface area is 373 Å². The lowest BCUT2D eigenvalue weighted by Gasteiger charge is -2.13. The molecule has 0 aliphatic heterocycles. The normalized spacial score (nSPS) is 12.9. The van der Waals surface area contributed by atoms with Gasteiger partial charge in [0.25, 0.3) is 0 Å². The lowest BCUT2D eigenvalue weighted by molar-refractivity contribution is 1.07. The lowest BCUT2D eigenvalue weighted by Crippen LogP contribution is -2.01. The highest BCUT2D eigenvalue weighted by molar-refractivity contribution is 7.26. The Morgan fingerprint density at radius 1 is 0.365 bits per heavy atom. The highest BCUT2D eigenvalue weighted by Crippen LogP contribution is 2.47. The minimum atomic E-state index is -0.483. The van der Waals surface area contributed by atoms with E-state index in [4.69, 9.17) is 21.8 Å².